The summed E-state index contributed by atoms with van der Waals surface area (Å²) >= 11 is 0. The molecule has 4 heteroatoms. The lowest BCUT2D eigenvalue weighted by Gasteiger charge is -2.44. The van der Waals surface area contributed by atoms with E-state index in [1.54, 1.807) is 0 Å². The molecule has 1 amide bonds. The first-order valence-corrected chi connectivity index (χ1v) is 8.98. The molecule has 0 aromatic heterocycles. The predicted molar refractivity (Wildman–Crippen MR) is 85.3 cm³/mol. The third-order valence-electron chi connectivity index (χ3n) is 5.94. The number of hydrogen-bond donors (Lipinski definition) is 1. The molecule has 1 N–H and O–H groups in total. The average molecular weight is 293 g/mol. The van der Waals surface area contributed by atoms with Crippen LogP contribution in [0.1, 0.15) is 51.4 Å². The summed E-state index contributed by atoms with van der Waals surface area (Å²) in [5, 5.41) is 3.30. The molecule has 2 aliphatic heterocycles. The fourth-order valence-electron chi connectivity index (χ4n) is 4.38. The lowest BCUT2D eigenvalue weighted by Crippen LogP contribution is -2.47. The molecule has 0 bridgehead atoms. The van der Waals surface area contributed by atoms with Crippen molar-refractivity contribution < 1.29 is 4.79 Å². The third-order valence-corrected chi connectivity index (χ3v) is 5.94. The van der Waals surface area contributed by atoms with E-state index in [4.69, 9.17) is 0 Å². The molecule has 1 spiro atoms. The summed E-state index contributed by atoms with van der Waals surface area (Å²) in [5.74, 6) is 0.356. The molecule has 1 aliphatic carbocycles. The van der Waals surface area contributed by atoms with E-state index in [0.29, 0.717) is 17.7 Å². The highest BCUT2D eigenvalue weighted by molar-refractivity contribution is 5.76. The third kappa shape index (κ3) is 3.98. The molecule has 0 radical (unpaired) electrons. The van der Waals surface area contributed by atoms with E-state index in [1.165, 1.54) is 58.0 Å². The molecule has 0 atom stereocenters. The minimum absolute atomic E-state index is 0.356. The lowest BCUT2D eigenvalue weighted by atomic mass is 9.68. The second-order valence-corrected chi connectivity index (χ2v) is 7.28. The Bertz CT molecular complexity index is 336. The van der Waals surface area contributed by atoms with Gasteiger partial charge in [0.15, 0.2) is 0 Å². The predicted octanol–water partition coefficient (Wildman–Crippen LogP) is 1.85. The number of piperazine rings is 1. The zero-order valence-corrected chi connectivity index (χ0v) is 13.4. The van der Waals surface area contributed by atoms with Crippen molar-refractivity contribution in [1.29, 1.82) is 0 Å². The summed E-state index contributed by atoms with van der Waals surface area (Å²) in [5.41, 5.74) is 0.678. The van der Waals surface area contributed by atoms with Crippen LogP contribution in [0.3, 0.4) is 0 Å². The molecule has 0 aromatic carbocycles. The first-order valence-electron chi connectivity index (χ1n) is 8.98. The van der Waals surface area contributed by atoms with Crippen LogP contribution in [0.5, 0.6) is 0 Å². The second-order valence-electron chi connectivity index (χ2n) is 7.28. The SMILES string of the molecule is O=C(CCN1CCC2(CCCCC2)CC1)N1CCNCC1. The molecular weight excluding hydrogens is 262 g/mol. The molecule has 0 aromatic rings. The van der Waals surface area contributed by atoms with Gasteiger partial charge in [0.2, 0.25) is 5.91 Å². The Balaban J connectivity index is 1.38. The van der Waals surface area contributed by atoms with Gasteiger partial charge in [-0.3, -0.25) is 4.79 Å². The molecule has 4 nitrogen and oxygen atoms in total. The number of carbonyl (C=O) groups is 1. The molecule has 2 heterocycles. The molecule has 3 fully saturated rings. The number of likely N-dealkylation sites (tertiary alicyclic amines) is 1. The van der Waals surface area contributed by atoms with Gasteiger partial charge in [-0.15, -0.1) is 0 Å². The van der Waals surface area contributed by atoms with Crippen molar-refractivity contribution in [2.24, 2.45) is 5.41 Å². The van der Waals surface area contributed by atoms with Gasteiger partial charge < -0.3 is 15.1 Å². The van der Waals surface area contributed by atoms with Crippen molar-refractivity contribution in [2.45, 2.75) is 51.4 Å². The molecule has 21 heavy (non-hydrogen) atoms. The van der Waals surface area contributed by atoms with Gasteiger partial charge in [-0.05, 0) is 44.2 Å². The van der Waals surface area contributed by atoms with E-state index in [1.807, 2.05) is 4.90 Å². The first kappa shape index (κ1) is 15.3. The van der Waals surface area contributed by atoms with Gasteiger partial charge in [-0.1, -0.05) is 19.3 Å². The van der Waals surface area contributed by atoms with E-state index in [-0.39, 0.29) is 0 Å². The summed E-state index contributed by atoms with van der Waals surface area (Å²) in [7, 11) is 0. The number of piperidine rings is 1. The fraction of sp³-hybridized carbons (Fsp3) is 0.941. The summed E-state index contributed by atoms with van der Waals surface area (Å²) < 4.78 is 0. The summed E-state index contributed by atoms with van der Waals surface area (Å²) in [6.07, 6.45) is 10.7. The number of rotatable bonds is 3. The van der Waals surface area contributed by atoms with E-state index in [9.17, 15) is 4.79 Å². The largest absolute Gasteiger partial charge is 0.340 e. The standard InChI is InChI=1S/C17H31N3O/c21-16(20-14-9-18-10-15-20)4-11-19-12-7-17(8-13-19)5-2-1-3-6-17/h18H,1-15H2. The van der Waals surface area contributed by atoms with E-state index < -0.39 is 0 Å². The summed E-state index contributed by atoms with van der Waals surface area (Å²) in [4.78, 5) is 16.8. The van der Waals surface area contributed by atoms with Crippen LogP contribution in [0.15, 0.2) is 0 Å². The molecule has 1 saturated carbocycles. The van der Waals surface area contributed by atoms with Gasteiger partial charge in [0, 0.05) is 39.1 Å². The van der Waals surface area contributed by atoms with Crippen LogP contribution in [0.2, 0.25) is 0 Å². The molecule has 3 rings (SSSR count). The highest BCUT2D eigenvalue weighted by Crippen LogP contribution is 2.44. The van der Waals surface area contributed by atoms with Crippen LogP contribution in [0, 0.1) is 5.41 Å². The number of nitrogens with zero attached hydrogens (tertiary/aromatic N) is 2. The molecule has 120 valence electrons. The average Bonchev–Trinajstić information content (AvgIpc) is 2.56. The quantitative estimate of drug-likeness (QED) is 0.862. The smallest absolute Gasteiger partial charge is 0.223 e. The van der Waals surface area contributed by atoms with Crippen LogP contribution in [0.4, 0.5) is 0 Å². The van der Waals surface area contributed by atoms with Gasteiger partial charge in [-0.2, -0.15) is 0 Å². The number of hydrogen-bond acceptors (Lipinski definition) is 3. The number of carbonyl (C=O) groups excluding carboxylic acids is 1. The van der Waals surface area contributed by atoms with Crippen LogP contribution >= 0.6 is 0 Å². The Kier molecular flexibility index (Phi) is 5.17. The molecular formula is C17H31N3O. The minimum Gasteiger partial charge on any atom is -0.340 e. The van der Waals surface area contributed by atoms with Gasteiger partial charge in [0.05, 0.1) is 0 Å². The van der Waals surface area contributed by atoms with Crippen molar-refractivity contribution in [2.75, 3.05) is 45.8 Å². The Morgan fingerprint density at radius 1 is 0.905 bits per heavy atom. The first-order chi connectivity index (χ1) is 10.3. The van der Waals surface area contributed by atoms with Crippen molar-refractivity contribution >= 4 is 5.91 Å². The maximum atomic E-state index is 12.2. The van der Waals surface area contributed by atoms with Gasteiger partial charge in [0.1, 0.15) is 0 Å². The number of amides is 1. The molecule has 0 unspecified atom stereocenters. The van der Waals surface area contributed by atoms with Crippen LogP contribution in [-0.2, 0) is 4.79 Å². The monoisotopic (exact) mass is 293 g/mol. The van der Waals surface area contributed by atoms with Gasteiger partial charge >= 0.3 is 0 Å². The zero-order chi connectivity index (χ0) is 14.5. The Morgan fingerprint density at radius 2 is 1.57 bits per heavy atom. The fourth-order valence-corrected chi connectivity index (χ4v) is 4.38. The van der Waals surface area contributed by atoms with Crippen molar-refractivity contribution in [1.82, 2.24) is 15.1 Å². The molecule has 3 aliphatic rings. The Hall–Kier alpha value is -0.610. The van der Waals surface area contributed by atoms with Gasteiger partial charge in [0.25, 0.3) is 0 Å². The Labute approximate surface area is 129 Å². The highest BCUT2D eigenvalue weighted by Gasteiger charge is 2.35. The van der Waals surface area contributed by atoms with Crippen molar-refractivity contribution in [3.05, 3.63) is 0 Å². The second kappa shape index (κ2) is 7.10. The topological polar surface area (TPSA) is 35.6 Å². The maximum absolute atomic E-state index is 12.2. The zero-order valence-electron chi connectivity index (χ0n) is 13.4. The van der Waals surface area contributed by atoms with E-state index >= 15 is 0 Å². The molecule has 2 saturated heterocycles. The van der Waals surface area contributed by atoms with E-state index in [0.717, 1.165) is 32.7 Å². The van der Waals surface area contributed by atoms with Crippen LogP contribution in [-0.4, -0.2) is 61.5 Å². The summed E-state index contributed by atoms with van der Waals surface area (Å²) in [6, 6.07) is 0. The van der Waals surface area contributed by atoms with E-state index in [2.05, 4.69) is 10.2 Å². The summed E-state index contributed by atoms with van der Waals surface area (Å²) in [6.45, 7) is 7.10. The Morgan fingerprint density at radius 3 is 2.24 bits per heavy atom. The van der Waals surface area contributed by atoms with Crippen LogP contribution in [0.25, 0.3) is 0 Å². The number of nitrogens with one attached hydrogen (secondary N) is 1. The maximum Gasteiger partial charge on any atom is 0.223 e. The van der Waals surface area contributed by atoms with Crippen molar-refractivity contribution in [3.63, 3.8) is 0 Å². The van der Waals surface area contributed by atoms with Crippen molar-refractivity contribution in [3.8, 4) is 0 Å². The minimum atomic E-state index is 0.356. The van der Waals surface area contributed by atoms with Crippen LogP contribution < -0.4 is 5.32 Å². The highest BCUT2D eigenvalue weighted by atomic mass is 16.2. The van der Waals surface area contributed by atoms with Gasteiger partial charge in [-0.25, -0.2) is 0 Å². The lowest BCUT2D eigenvalue weighted by molar-refractivity contribution is -0.132. The normalized spacial score (nSPS) is 27.0.